The lowest BCUT2D eigenvalue weighted by atomic mass is 10.1. The fourth-order valence-electron chi connectivity index (χ4n) is 3.68. The Kier molecular flexibility index (Phi) is 5.09. The predicted molar refractivity (Wildman–Crippen MR) is 112 cm³/mol. The standard InChI is InChI=1S/C22H23ClN4O/c1-16-20(21(23)27(24-16)14-17-8-4-3-5-9-17)22(28)26-13-12-25(2)19-11-7-6-10-18(19)15-26/h3-11H,12-15H2,1-2H3. The summed E-state index contributed by atoms with van der Waals surface area (Å²) in [5, 5.41) is 4.93. The van der Waals surface area contributed by atoms with E-state index in [0.29, 0.717) is 36.0 Å². The van der Waals surface area contributed by atoms with Crippen molar-refractivity contribution in [3.05, 3.63) is 82.1 Å². The van der Waals surface area contributed by atoms with Crippen LogP contribution < -0.4 is 4.90 Å². The molecule has 0 aliphatic carbocycles. The van der Waals surface area contributed by atoms with Crippen molar-refractivity contribution in [2.75, 3.05) is 25.0 Å². The zero-order valence-corrected chi connectivity index (χ0v) is 16.9. The number of para-hydroxylation sites is 1. The number of aryl methyl sites for hydroxylation is 1. The molecule has 0 atom stereocenters. The predicted octanol–water partition coefficient (Wildman–Crippen LogP) is 3.99. The Hall–Kier alpha value is -2.79. The smallest absolute Gasteiger partial charge is 0.259 e. The Morgan fingerprint density at radius 3 is 2.57 bits per heavy atom. The lowest BCUT2D eigenvalue weighted by Crippen LogP contribution is -2.34. The largest absolute Gasteiger partial charge is 0.373 e. The van der Waals surface area contributed by atoms with Crippen molar-refractivity contribution in [3.8, 4) is 0 Å². The molecule has 2 aromatic carbocycles. The van der Waals surface area contributed by atoms with E-state index in [0.717, 1.165) is 17.7 Å². The van der Waals surface area contributed by atoms with E-state index in [1.54, 1.807) is 4.68 Å². The first-order chi connectivity index (χ1) is 13.5. The summed E-state index contributed by atoms with van der Waals surface area (Å²) < 4.78 is 1.71. The van der Waals surface area contributed by atoms with Crippen LogP contribution in [0.15, 0.2) is 54.6 Å². The number of anilines is 1. The highest BCUT2D eigenvalue weighted by Crippen LogP contribution is 2.27. The minimum absolute atomic E-state index is 0.0630. The molecule has 6 heteroatoms. The van der Waals surface area contributed by atoms with Gasteiger partial charge in [-0.15, -0.1) is 0 Å². The third-order valence-corrected chi connectivity index (χ3v) is 5.60. The summed E-state index contributed by atoms with van der Waals surface area (Å²) in [7, 11) is 2.06. The number of aromatic nitrogens is 2. The number of likely N-dealkylation sites (N-methyl/N-ethyl adjacent to an activating group) is 1. The topological polar surface area (TPSA) is 41.4 Å². The van der Waals surface area contributed by atoms with Gasteiger partial charge in [-0.05, 0) is 24.1 Å². The maximum Gasteiger partial charge on any atom is 0.259 e. The van der Waals surface area contributed by atoms with Gasteiger partial charge < -0.3 is 9.80 Å². The molecule has 0 unspecified atom stereocenters. The molecule has 0 saturated heterocycles. The van der Waals surface area contributed by atoms with Crippen LogP contribution in [0, 0.1) is 6.92 Å². The molecule has 5 nitrogen and oxygen atoms in total. The van der Waals surface area contributed by atoms with Crippen molar-refractivity contribution in [2.24, 2.45) is 0 Å². The Labute approximate surface area is 170 Å². The van der Waals surface area contributed by atoms with Gasteiger partial charge in [-0.2, -0.15) is 5.10 Å². The van der Waals surface area contributed by atoms with Crippen molar-refractivity contribution in [1.29, 1.82) is 0 Å². The molecule has 1 aliphatic rings. The van der Waals surface area contributed by atoms with E-state index < -0.39 is 0 Å². The zero-order valence-electron chi connectivity index (χ0n) is 16.1. The van der Waals surface area contributed by atoms with E-state index in [9.17, 15) is 4.79 Å². The van der Waals surface area contributed by atoms with Crippen LogP contribution >= 0.6 is 11.6 Å². The van der Waals surface area contributed by atoms with Crippen LogP contribution in [-0.4, -0.2) is 40.7 Å². The molecule has 28 heavy (non-hydrogen) atoms. The average molecular weight is 395 g/mol. The van der Waals surface area contributed by atoms with Gasteiger partial charge in [0.1, 0.15) is 5.15 Å². The second-order valence-electron chi connectivity index (χ2n) is 7.17. The van der Waals surface area contributed by atoms with Crippen LogP contribution in [0.2, 0.25) is 5.15 Å². The summed E-state index contributed by atoms with van der Waals surface area (Å²) in [6.45, 7) is 4.37. The zero-order chi connectivity index (χ0) is 19.7. The molecule has 0 fully saturated rings. The lowest BCUT2D eigenvalue weighted by molar-refractivity contribution is 0.0751. The third kappa shape index (κ3) is 3.50. The summed E-state index contributed by atoms with van der Waals surface area (Å²) in [5.74, 6) is -0.0630. The van der Waals surface area contributed by atoms with Crippen molar-refractivity contribution in [1.82, 2.24) is 14.7 Å². The van der Waals surface area contributed by atoms with Crippen LogP contribution in [0.1, 0.15) is 27.2 Å². The van der Waals surface area contributed by atoms with E-state index in [4.69, 9.17) is 11.6 Å². The summed E-state index contributed by atoms with van der Waals surface area (Å²) >= 11 is 6.61. The molecule has 4 rings (SSSR count). The van der Waals surface area contributed by atoms with Gasteiger partial charge in [-0.1, -0.05) is 60.1 Å². The molecule has 0 saturated carbocycles. The molecule has 1 aromatic heterocycles. The molecule has 1 amide bonds. The molecule has 0 radical (unpaired) electrons. The van der Waals surface area contributed by atoms with Crippen molar-refractivity contribution < 1.29 is 4.79 Å². The molecule has 0 N–H and O–H groups in total. The molecule has 3 aromatic rings. The van der Waals surface area contributed by atoms with Crippen molar-refractivity contribution in [3.63, 3.8) is 0 Å². The number of amides is 1. The SMILES string of the molecule is Cc1nn(Cc2ccccc2)c(Cl)c1C(=O)N1CCN(C)c2ccccc2C1. The van der Waals surface area contributed by atoms with Gasteiger partial charge in [0.25, 0.3) is 5.91 Å². The molecule has 144 valence electrons. The van der Waals surface area contributed by atoms with Gasteiger partial charge in [-0.3, -0.25) is 4.79 Å². The molecule has 0 bridgehead atoms. The maximum absolute atomic E-state index is 13.3. The lowest BCUT2D eigenvalue weighted by Gasteiger charge is -2.21. The number of fused-ring (bicyclic) bond motifs is 1. The maximum atomic E-state index is 13.3. The second-order valence-corrected chi connectivity index (χ2v) is 7.53. The fourth-order valence-corrected chi connectivity index (χ4v) is 4.00. The van der Waals surface area contributed by atoms with Gasteiger partial charge in [-0.25, -0.2) is 4.68 Å². The molecule has 1 aliphatic heterocycles. The van der Waals surface area contributed by atoms with E-state index in [-0.39, 0.29) is 5.91 Å². The highest BCUT2D eigenvalue weighted by atomic mass is 35.5. The first kappa shape index (κ1) is 18.6. The summed E-state index contributed by atoms with van der Waals surface area (Å²) in [6.07, 6.45) is 0. The van der Waals surface area contributed by atoms with Crippen LogP contribution in [0.3, 0.4) is 0 Å². The number of carbonyl (C=O) groups is 1. The molecule has 0 spiro atoms. The van der Waals surface area contributed by atoms with E-state index in [2.05, 4.69) is 29.2 Å². The quantitative estimate of drug-likeness (QED) is 0.674. The minimum Gasteiger partial charge on any atom is -0.373 e. The van der Waals surface area contributed by atoms with E-state index >= 15 is 0 Å². The number of nitrogens with zero attached hydrogens (tertiary/aromatic N) is 4. The molecule has 2 heterocycles. The van der Waals surface area contributed by atoms with E-state index in [1.165, 1.54) is 5.69 Å². The first-order valence-electron chi connectivity index (χ1n) is 9.39. The number of benzene rings is 2. The average Bonchev–Trinajstić information content (AvgIpc) is 2.87. The van der Waals surface area contributed by atoms with Crippen molar-refractivity contribution in [2.45, 2.75) is 20.0 Å². The third-order valence-electron chi connectivity index (χ3n) is 5.21. The van der Waals surface area contributed by atoms with Crippen LogP contribution in [0.5, 0.6) is 0 Å². The minimum atomic E-state index is -0.0630. The number of hydrogen-bond donors (Lipinski definition) is 0. The highest BCUT2D eigenvalue weighted by Gasteiger charge is 2.27. The molecular formula is C22H23ClN4O. The summed E-state index contributed by atoms with van der Waals surface area (Å²) in [6, 6.07) is 18.2. The van der Waals surface area contributed by atoms with Crippen LogP contribution in [-0.2, 0) is 13.1 Å². The number of carbonyl (C=O) groups excluding carboxylic acids is 1. The van der Waals surface area contributed by atoms with Gasteiger partial charge in [0.2, 0.25) is 0 Å². The molecular weight excluding hydrogens is 372 g/mol. The van der Waals surface area contributed by atoms with Crippen LogP contribution in [0.4, 0.5) is 5.69 Å². The normalized spacial score (nSPS) is 14.0. The van der Waals surface area contributed by atoms with Crippen LogP contribution in [0.25, 0.3) is 0 Å². The van der Waals surface area contributed by atoms with Gasteiger partial charge in [0.05, 0.1) is 17.8 Å². The number of hydrogen-bond acceptors (Lipinski definition) is 3. The Bertz CT molecular complexity index is 999. The highest BCUT2D eigenvalue weighted by molar-refractivity contribution is 6.33. The Morgan fingerprint density at radius 2 is 1.79 bits per heavy atom. The Balaban J connectivity index is 1.62. The summed E-state index contributed by atoms with van der Waals surface area (Å²) in [4.78, 5) is 17.4. The van der Waals surface area contributed by atoms with Gasteiger partial charge >= 0.3 is 0 Å². The van der Waals surface area contributed by atoms with Gasteiger partial charge in [0.15, 0.2) is 0 Å². The van der Waals surface area contributed by atoms with E-state index in [1.807, 2.05) is 54.3 Å². The summed E-state index contributed by atoms with van der Waals surface area (Å²) in [5.41, 5.74) is 4.56. The van der Waals surface area contributed by atoms with Crippen molar-refractivity contribution >= 4 is 23.2 Å². The second kappa shape index (κ2) is 7.68. The number of rotatable bonds is 3. The fraction of sp³-hybridized carbons (Fsp3) is 0.273. The number of halogens is 1. The first-order valence-corrected chi connectivity index (χ1v) is 9.77. The monoisotopic (exact) mass is 394 g/mol. The van der Waals surface area contributed by atoms with Gasteiger partial charge in [0, 0.05) is 32.4 Å². The Morgan fingerprint density at radius 1 is 1.07 bits per heavy atom.